The molecule has 23 heavy (non-hydrogen) atoms. The van der Waals surface area contributed by atoms with Gasteiger partial charge in [-0.25, -0.2) is 4.98 Å². The average Bonchev–Trinajstić information content (AvgIpc) is 3.30. The Labute approximate surface area is 141 Å². The van der Waals surface area contributed by atoms with E-state index in [2.05, 4.69) is 21.7 Å². The zero-order valence-corrected chi connectivity index (χ0v) is 14.6. The predicted molar refractivity (Wildman–Crippen MR) is 92.6 cm³/mol. The molecule has 1 aliphatic heterocycles. The van der Waals surface area contributed by atoms with Gasteiger partial charge in [0.15, 0.2) is 5.13 Å². The monoisotopic (exact) mass is 334 g/mol. The van der Waals surface area contributed by atoms with Crippen molar-refractivity contribution < 1.29 is 4.79 Å². The van der Waals surface area contributed by atoms with Gasteiger partial charge in [0.2, 0.25) is 5.91 Å². The van der Waals surface area contributed by atoms with Gasteiger partial charge in [-0.15, -0.1) is 11.3 Å². The van der Waals surface area contributed by atoms with Crippen molar-refractivity contribution in [2.24, 2.45) is 23.5 Å². The number of fused-ring (bicyclic) bond motifs is 2. The van der Waals surface area contributed by atoms with Gasteiger partial charge in [-0.2, -0.15) is 0 Å². The van der Waals surface area contributed by atoms with Gasteiger partial charge in [0.25, 0.3) is 0 Å². The number of hydrogen-bond donors (Lipinski definition) is 1. The van der Waals surface area contributed by atoms with E-state index in [0.717, 1.165) is 37.7 Å². The molecule has 1 aromatic heterocycles. The maximum absolute atomic E-state index is 12.9. The van der Waals surface area contributed by atoms with Gasteiger partial charge in [0.05, 0.1) is 5.92 Å². The summed E-state index contributed by atoms with van der Waals surface area (Å²) in [5.74, 6) is 1.55. The van der Waals surface area contributed by atoms with E-state index < -0.39 is 0 Å². The van der Waals surface area contributed by atoms with Gasteiger partial charge in [-0.3, -0.25) is 4.79 Å². The average molecular weight is 334 g/mol. The number of nitrogens with zero attached hydrogens (tertiary/aromatic N) is 3. The van der Waals surface area contributed by atoms with E-state index in [1.165, 1.54) is 24.1 Å². The molecule has 0 spiro atoms. The van der Waals surface area contributed by atoms with Crippen LogP contribution < -0.4 is 10.6 Å². The van der Waals surface area contributed by atoms with Crippen molar-refractivity contribution in [2.45, 2.75) is 38.6 Å². The van der Waals surface area contributed by atoms with Crippen LogP contribution in [0.1, 0.15) is 31.1 Å². The van der Waals surface area contributed by atoms with E-state index in [0.29, 0.717) is 17.7 Å². The number of amides is 1. The largest absolute Gasteiger partial charge is 0.345 e. The first-order chi connectivity index (χ1) is 11.2. The minimum atomic E-state index is 0.0897. The number of aromatic nitrogens is 1. The van der Waals surface area contributed by atoms with Crippen molar-refractivity contribution in [1.82, 2.24) is 9.88 Å². The minimum absolute atomic E-state index is 0.0897. The van der Waals surface area contributed by atoms with Gasteiger partial charge in [0.1, 0.15) is 0 Å². The molecule has 6 heteroatoms. The van der Waals surface area contributed by atoms with Gasteiger partial charge >= 0.3 is 0 Å². The zero-order valence-electron chi connectivity index (χ0n) is 13.8. The van der Waals surface area contributed by atoms with Gasteiger partial charge in [0, 0.05) is 43.3 Å². The van der Waals surface area contributed by atoms with Crippen molar-refractivity contribution in [3.63, 3.8) is 0 Å². The van der Waals surface area contributed by atoms with Gasteiger partial charge in [-0.05, 0) is 37.5 Å². The molecule has 3 aliphatic rings. The first kappa shape index (κ1) is 15.4. The zero-order chi connectivity index (χ0) is 16.0. The highest BCUT2D eigenvalue weighted by Crippen LogP contribution is 2.48. The molecular formula is C17H26N4OS. The Balaban J connectivity index is 1.37. The van der Waals surface area contributed by atoms with Crippen LogP contribution in [0, 0.1) is 17.8 Å². The van der Waals surface area contributed by atoms with E-state index >= 15 is 0 Å². The lowest BCUT2D eigenvalue weighted by atomic mass is 9.84. The molecule has 3 fully saturated rings. The van der Waals surface area contributed by atoms with Crippen LogP contribution >= 0.6 is 11.3 Å². The van der Waals surface area contributed by atoms with E-state index in [4.69, 9.17) is 5.73 Å². The maximum Gasteiger partial charge on any atom is 0.227 e. The Hall–Kier alpha value is -1.14. The molecule has 0 radical (unpaired) electrons. The Kier molecular flexibility index (Phi) is 4.05. The second-order valence-corrected chi connectivity index (χ2v) is 8.31. The van der Waals surface area contributed by atoms with Crippen LogP contribution in [0.15, 0.2) is 6.20 Å². The summed E-state index contributed by atoms with van der Waals surface area (Å²) in [6.07, 6.45) is 6.63. The van der Waals surface area contributed by atoms with Crippen molar-refractivity contribution in [3.05, 3.63) is 11.1 Å². The van der Waals surface area contributed by atoms with Crippen LogP contribution in [0.2, 0.25) is 0 Å². The van der Waals surface area contributed by atoms with Crippen molar-refractivity contribution >= 4 is 22.4 Å². The summed E-state index contributed by atoms with van der Waals surface area (Å²) in [4.78, 5) is 23.1. The topological polar surface area (TPSA) is 62.5 Å². The fourth-order valence-corrected chi connectivity index (χ4v) is 5.54. The van der Waals surface area contributed by atoms with Gasteiger partial charge in [-0.1, -0.05) is 6.92 Å². The number of anilines is 1. The van der Waals surface area contributed by atoms with Crippen LogP contribution in [0.4, 0.5) is 5.13 Å². The van der Waals surface area contributed by atoms with Crippen LogP contribution in [-0.4, -0.2) is 48.0 Å². The molecule has 2 N–H and O–H groups in total. The molecule has 2 saturated carbocycles. The molecule has 1 saturated heterocycles. The highest BCUT2D eigenvalue weighted by molar-refractivity contribution is 7.15. The molecule has 2 aliphatic carbocycles. The molecule has 1 amide bonds. The molecule has 126 valence electrons. The minimum Gasteiger partial charge on any atom is -0.345 e. The first-order valence-electron chi connectivity index (χ1n) is 8.91. The standard InChI is InChI=1S/C17H26N4OS/c1-2-13-10-19-17(23-13)21-7-5-20(6-8-21)16(22)14-11-3-4-12(9-11)15(14)18/h10-12,14-15H,2-9,18H2,1H3. The lowest BCUT2D eigenvalue weighted by Crippen LogP contribution is -2.53. The highest BCUT2D eigenvalue weighted by atomic mass is 32.1. The molecular weight excluding hydrogens is 308 g/mol. The normalized spacial score (nSPS) is 33.5. The quantitative estimate of drug-likeness (QED) is 0.914. The molecule has 4 unspecified atom stereocenters. The van der Waals surface area contributed by atoms with Crippen LogP contribution in [0.5, 0.6) is 0 Å². The number of nitrogens with two attached hydrogens (primary N) is 1. The fraction of sp³-hybridized carbons (Fsp3) is 0.765. The third-order valence-corrected chi connectivity index (χ3v) is 7.22. The molecule has 0 aromatic carbocycles. The Bertz CT molecular complexity index is 579. The molecule has 1 aromatic rings. The Morgan fingerprint density at radius 2 is 2.04 bits per heavy atom. The number of piperazine rings is 1. The summed E-state index contributed by atoms with van der Waals surface area (Å²) in [7, 11) is 0. The first-order valence-corrected chi connectivity index (χ1v) is 9.73. The lowest BCUT2D eigenvalue weighted by molar-refractivity contribution is -0.138. The SMILES string of the molecule is CCc1cnc(N2CCN(C(=O)C3C4CCC(C4)C3N)CC2)s1. The molecule has 4 rings (SSSR count). The summed E-state index contributed by atoms with van der Waals surface area (Å²) in [6.45, 7) is 5.55. The fourth-order valence-electron chi connectivity index (χ4n) is 4.64. The maximum atomic E-state index is 12.9. The van der Waals surface area contributed by atoms with E-state index in [1.807, 2.05) is 6.20 Å². The van der Waals surface area contributed by atoms with E-state index in [-0.39, 0.29) is 12.0 Å². The Morgan fingerprint density at radius 1 is 1.30 bits per heavy atom. The van der Waals surface area contributed by atoms with Crippen LogP contribution in [0.25, 0.3) is 0 Å². The molecule has 5 nitrogen and oxygen atoms in total. The molecule has 4 atom stereocenters. The lowest BCUT2D eigenvalue weighted by Gasteiger charge is -2.38. The number of hydrogen-bond acceptors (Lipinski definition) is 5. The summed E-state index contributed by atoms with van der Waals surface area (Å²) in [5, 5.41) is 1.10. The number of aryl methyl sites for hydroxylation is 1. The van der Waals surface area contributed by atoms with Crippen molar-refractivity contribution in [1.29, 1.82) is 0 Å². The van der Waals surface area contributed by atoms with E-state index in [9.17, 15) is 4.79 Å². The third-order valence-electron chi connectivity index (χ3n) is 6.02. The number of carbonyl (C=O) groups excluding carboxylic acids is 1. The number of rotatable bonds is 3. The Morgan fingerprint density at radius 3 is 2.65 bits per heavy atom. The number of carbonyl (C=O) groups is 1. The summed E-state index contributed by atoms with van der Waals surface area (Å²) in [5.41, 5.74) is 6.34. The van der Waals surface area contributed by atoms with Crippen LogP contribution in [-0.2, 0) is 11.2 Å². The predicted octanol–water partition coefficient (Wildman–Crippen LogP) is 1.73. The molecule has 2 bridgehead atoms. The highest BCUT2D eigenvalue weighted by Gasteiger charge is 2.50. The second kappa shape index (κ2) is 6.06. The van der Waals surface area contributed by atoms with Crippen LogP contribution in [0.3, 0.4) is 0 Å². The third kappa shape index (κ3) is 2.66. The van der Waals surface area contributed by atoms with E-state index in [1.54, 1.807) is 11.3 Å². The van der Waals surface area contributed by atoms with Gasteiger partial charge < -0.3 is 15.5 Å². The second-order valence-electron chi connectivity index (χ2n) is 7.21. The number of thiazole rings is 1. The summed E-state index contributed by atoms with van der Waals surface area (Å²) < 4.78 is 0. The van der Waals surface area contributed by atoms with Crippen molar-refractivity contribution in [2.75, 3.05) is 31.1 Å². The molecule has 2 heterocycles. The smallest absolute Gasteiger partial charge is 0.227 e. The van der Waals surface area contributed by atoms with Crippen molar-refractivity contribution in [3.8, 4) is 0 Å². The summed E-state index contributed by atoms with van der Waals surface area (Å²) >= 11 is 1.78. The summed E-state index contributed by atoms with van der Waals surface area (Å²) in [6, 6.07) is 0.102.